The van der Waals surface area contributed by atoms with Gasteiger partial charge in [0.2, 0.25) is 17.6 Å². The van der Waals surface area contributed by atoms with Crippen molar-refractivity contribution >= 4 is 34.8 Å². The van der Waals surface area contributed by atoms with E-state index >= 15 is 0 Å². The molecule has 1 atom stereocenters. The van der Waals surface area contributed by atoms with Gasteiger partial charge in [-0.15, -0.1) is 0 Å². The Hall–Kier alpha value is -2.41. The summed E-state index contributed by atoms with van der Waals surface area (Å²) in [6.07, 6.45) is 1.79. The van der Waals surface area contributed by atoms with Crippen LogP contribution in [-0.2, 0) is 11.3 Å². The van der Waals surface area contributed by atoms with Crippen molar-refractivity contribution in [2.45, 2.75) is 19.4 Å². The molecule has 0 bridgehead atoms. The Bertz CT molecular complexity index is 990. The van der Waals surface area contributed by atoms with Gasteiger partial charge in [-0.1, -0.05) is 34.4 Å². The van der Waals surface area contributed by atoms with Gasteiger partial charge in [0.15, 0.2) is 0 Å². The number of nitrogens with zero attached hydrogens (tertiary/aromatic N) is 3. The summed E-state index contributed by atoms with van der Waals surface area (Å²) in [5, 5.41) is 8.27. The molecule has 1 unspecified atom stereocenters. The van der Waals surface area contributed by atoms with E-state index < -0.39 is 0 Å². The van der Waals surface area contributed by atoms with Crippen molar-refractivity contribution in [3.63, 3.8) is 0 Å². The smallest absolute Gasteiger partial charge is 0.241 e. The van der Waals surface area contributed by atoms with Crippen molar-refractivity contribution in [3.05, 3.63) is 64.5 Å². The van der Waals surface area contributed by atoms with E-state index in [1.807, 2.05) is 24.3 Å². The maximum absolute atomic E-state index is 12.7. The number of amides is 1. The summed E-state index contributed by atoms with van der Waals surface area (Å²) in [7, 11) is 0. The molecule has 1 N–H and O–H groups in total. The lowest BCUT2D eigenvalue weighted by Gasteiger charge is -2.30. The number of hydrogen-bond donors (Lipinski definition) is 1. The summed E-state index contributed by atoms with van der Waals surface area (Å²) in [5.41, 5.74) is 1.56. The molecule has 1 fully saturated rings. The second-order valence-corrected chi connectivity index (χ2v) is 7.97. The van der Waals surface area contributed by atoms with Crippen LogP contribution in [0.4, 0.5) is 5.69 Å². The third-order valence-electron chi connectivity index (χ3n) is 4.90. The molecule has 1 aromatic heterocycles. The zero-order valence-electron chi connectivity index (χ0n) is 15.6. The average Bonchev–Trinajstić information content (AvgIpc) is 3.17. The SMILES string of the molecule is O=C(Nc1cccc(Cl)c1)C1CCCN(Cc2nc(-c3ccc(Cl)cc3)no2)C1. The van der Waals surface area contributed by atoms with Gasteiger partial charge < -0.3 is 9.84 Å². The summed E-state index contributed by atoms with van der Waals surface area (Å²) in [6.45, 7) is 2.05. The van der Waals surface area contributed by atoms with E-state index in [1.165, 1.54) is 0 Å². The number of anilines is 1. The fourth-order valence-corrected chi connectivity index (χ4v) is 3.77. The Kier molecular flexibility index (Phi) is 6.13. The quantitative estimate of drug-likeness (QED) is 0.623. The predicted molar refractivity (Wildman–Crippen MR) is 113 cm³/mol. The molecule has 4 rings (SSSR count). The van der Waals surface area contributed by atoms with E-state index in [0.29, 0.717) is 40.5 Å². The zero-order chi connectivity index (χ0) is 20.2. The van der Waals surface area contributed by atoms with Crippen molar-refractivity contribution in [1.82, 2.24) is 15.0 Å². The van der Waals surface area contributed by atoms with Crippen LogP contribution in [0.1, 0.15) is 18.7 Å². The number of hydrogen-bond acceptors (Lipinski definition) is 5. The first kappa shape index (κ1) is 19.9. The van der Waals surface area contributed by atoms with Crippen molar-refractivity contribution < 1.29 is 9.32 Å². The second-order valence-electron chi connectivity index (χ2n) is 7.09. The largest absolute Gasteiger partial charge is 0.338 e. The van der Waals surface area contributed by atoms with E-state index in [9.17, 15) is 4.79 Å². The Morgan fingerprint density at radius 1 is 1.17 bits per heavy atom. The molecule has 1 amide bonds. The first-order valence-corrected chi connectivity index (χ1v) is 10.2. The molecule has 3 aromatic rings. The molecule has 8 heteroatoms. The number of halogens is 2. The number of benzene rings is 2. The number of likely N-dealkylation sites (tertiary alicyclic amines) is 1. The summed E-state index contributed by atoms with van der Waals surface area (Å²) in [6, 6.07) is 14.5. The molecule has 29 heavy (non-hydrogen) atoms. The number of piperidine rings is 1. The van der Waals surface area contributed by atoms with Gasteiger partial charge in [0.25, 0.3) is 0 Å². The minimum absolute atomic E-state index is 0.00403. The molecule has 0 radical (unpaired) electrons. The minimum atomic E-state index is -0.0959. The summed E-state index contributed by atoms with van der Waals surface area (Å²) in [4.78, 5) is 19.3. The normalized spacial score (nSPS) is 17.2. The van der Waals surface area contributed by atoms with Crippen LogP contribution in [0.15, 0.2) is 53.1 Å². The van der Waals surface area contributed by atoms with E-state index in [0.717, 1.165) is 24.9 Å². The lowest BCUT2D eigenvalue weighted by atomic mass is 9.97. The molecule has 2 heterocycles. The number of rotatable bonds is 5. The molecule has 0 aliphatic carbocycles. The van der Waals surface area contributed by atoms with Gasteiger partial charge in [-0.3, -0.25) is 9.69 Å². The molecule has 1 saturated heterocycles. The van der Waals surface area contributed by atoms with Gasteiger partial charge in [0.05, 0.1) is 12.5 Å². The summed E-state index contributed by atoms with van der Waals surface area (Å²) >= 11 is 11.9. The van der Waals surface area contributed by atoms with Crippen LogP contribution >= 0.6 is 23.2 Å². The number of carbonyl (C=O) groups is 1. The van der Waals surface area contributed by atoms with Crippen LogP contribution in [0.2, 0.25) is 10.0 Å². The van der Waals surface area contributed by atoms with Crippen molar-refractivity contribution in [2.75, 3.05) is 18.4 Å². The zero-order valence-corrected chi connectivity index (χ0v) is 17.2. The Morgan fingerprint density at radius 2 is 2.00 bits per heavy atom. The van der Waals surface area contributed by atoms with Crippen molar-refractivity contribution in [2.24, 2.45) is 5.92 Å². The molecule has 1 aliphatic rings. The Labute approximate surface area is 178 Å². The standard InChI is InChI=1S/C21H20Cl2N4O2/c22-16-8-6-14(7-9-16)20-25-19(29-26-20)13-27-10-2-3-15(12-27)21(28)24-18-5-1-4-17(23)11-18/h1,4-9,11,15H,2-3,10,12-13H2,(H,24,28). The van der Waals surface area contributed by atoms with Crippen molar-refractivity contribution in [3.8, 4) is 11.4 Å². The van der Waals surface area contributed by atoms with Crippen LogP contribution < -0.4 is 5.32 Å². The van der Waals surface area contributed by atoms with Crippen LogP contribution in [0.25, 0.3) is 11.4 Å². The fraction of sp³-hybridized carbons (Fsp3) is 0.286. The van der Waals surface area contributed by atoms with Crippen LogP contribution in [-0.4, -0.2) is 34.0 Å². The third-order valence-corrected chi connectivity index (χ3v) is 5.38. The van der Waals surface area contributed by atoms with Gasteiger partial charge in [-0.2, -0.15) is 4.98 Å². The highest BCUT2D eigenvalue weighted by atomic mass is 35.5. The maximum atomic E-state index is 12.7. The molecule has 2 aromatic carbocycles. The number of carbonyl (C=O) groups excluding carboxylic acids is 1. The molecular weight excluding hydrogens is 411 g/mol. The number of aromatic nitrogens is 2. The topological polar surface area (TPSA) is 71.3 Å². The van der Waals surface area contributed by atoms with E-state index in [-0.39, 0.29) is 11.8 Å². The van der Waals surface area contributed by atoms with Crippen LogP contribution in [0.5, 0.6) is 0 Å². The Morgan fingerprint density at radius 3 is 2.79 bits per heavy atom. The van der Waals surface area contributed by atoms with Gasteiger partial charge >= 0.3 is 0 Å². The molecule has 6 nitrogen and oxygen atoms in total. The lowest BCUT2D eigenvalue weighted by molar-refractivity contribution is -0.121. The second kappa shape index (κ2) is 8.95. The minimum Gasteiger partial charge on any atom is -0.338 e. The molecule has 150 valence electrons. The number of nitrogens with one attached hydrogen (secondary N) is 1. The van der Waals surface area contributed by atoms with Gasteiger partial charge in [-0.05, 0) is 61.9 Å². The van der Waals surface area contributed by atoms with Gasteiger partial charge in [0.1, 0.15) is 0 Å². The van der Waals surface area contributed by atoms with E-state index in [4.69, 9.17) is 27.7 Å². The fourth-order valence-electron chi connectivity index (χ4n) is 3.45. The van der Waals surface area contributed by atoms with Gasteiger partial charge in [0, 0.05) is 27.8 Å². The maximum Gasteiger partial charge on any atom is 0.241 e. The van der Waals surface area contributed by atoms with Gasteiger partial charge in [-0.25, -0.2) is 0 Å². The molecule has 0 saturated carbocycles. The summed E-state index contributed by atoms with van der Waals surface area (Å²) < 4.78 is 5.41. The van der Waals surface area contributed by atoms with Crippen molar-refractivity contribution in [1.29, 1.82) is 0 Å². The lowest BCUT2D eigenvalue weighted by Crippen LogP contribution is -2.40. The van der Waals surface area contributed by atoms with E-state index in [1.54, 1.807) is 24.3 Å². The monoisotopic (exact) mass is 430 g/mol. The highest BCUT2D eigenvalue weighted by Gasteiger charge is 2.27. The predicted octanol–water partition coefficient (Wildman–Crippen LogP) is 4.89. The van der Waals surface area contributed by atoms with Crippen LogP contribution in [0.3, 0.4) is 0 Å². The summed E-state index contributed by atoms with van der Waals surface area (Å²) in [5.74, 6) is 0.973. The average molecular weight is 431 g/mol. The molecule has 1 aliphatic heterocycles. The highest BCUT2D eigenvalue weighted by Crippen LogP contribution is 2.23. The Balaban J connectivity index is 1.36. The first-order chi connectivity index (χ1) is 14.1. The van der Waals surface area contributed by atoms with E-state index in [2.05, 4.69) is 20.4 Å². The molecule has 0 spiro atoms. The highest BCUT2D eigenvalue weighted by molar-refractivity contribution is 6.31. The first-order valence-electron chi connectivity index (χ1n) is 9.44. The third kappa shape index (κ3) is 5.15. The van der Waals surface area contributed by atoms with Crippen LogP contribution in [0, 0.1) is 5.92 Å². The molecular formula is C21H20Cl2N4O2.